The fourth-order valence-corrected chi connectivity index (χ4v) is 3.26. The van der Waals surface area contributed by atoms with Gasteiger partial charge in [0.1, 0.15) is 24.3 Å². The van der Waals surface area contributed by atoms with Crippen LogP contribution in [0.15, 0.2) is 78.9 Å². The molecule has 1 N–H and O–H groups in total. The number of aryl methyl sites for hydroxylation is 1. The summed E-state index contributed by atoms with van der Waals surface area (Å²) in [6, 6.07) is 26.1. The molecule has 1 atom stereocenters. The number of nitrogens with zero attached hydrogens (tertiary/aromatic N) is 2. The van der Waals surface area contributed by atoms with E-state index in [4.69, 9.17) is 4.74 Å². The average molecular weight is 358 g/mol. The van der Waals surface area contributed by atoms with E-state index in [1.54, 1.807) is 0 Å². The predicted molar refractivity (Wildman–Crippen MR) is 108 cm³/mol. The quantitative estimate of drug-likeness (QED) is 0.554. The molecule has 0 saturated heterocycles. The first-order valence-electron chi connectivity index (χ1n) is 9.09. The van der Waals surface area contributed by atoms with E-state index in [-0.39, 0.29) is 6.61 Å². The minimum atomic E-state index is -0.616. The van der Waals surface area contributed by atoms with E-state index in [1.165, 1.54) is 5.56 Å². The minimum Gasteiger partial charge on any atom is -0.491 e. The first kappa shape index (κ1) is 17.3. The summed E-state index contributed by atoms with van der Waals surface area (Å²) in [4.78, 5) is 4.53. The SMILES string of the molecule is Cc1nc2ccccc2n1CC(O)COc1ccc(-c2ccccc2)cc1. The van der Waals surface area contributed by atoms with Crippen molar-refractivity contribution in [3.05, 3.63) is 84.7 Å². The van der Waals surface area contributed by atoms with E-state index in [9.17, 15) is 5.11 Å². The Balaban J connectivity index is 1.39. The molecule has 0 radical (unpaired) electrons. The molecule has 1 aromatic heterocycles. The van der Waals surface area contributed by atoms with Gasteiger partial charge in [-0.15, -0.1) is 0 Å². The number of ether oxygens (including phenoxy) is 1. The maximum Gasteiger partial charge on any atom is 0.119 e. The third-order valence-corrected chi connectivity index (χ3v) is 4.64. The fraction of sp³-hybridized carbons (Fsp3) is 0.174. The van der Waals surface area contributed by atoms with Gasteiger partial charge >= 0.3 is 0 Å². The molecule has 1 heterocycles. The van der Waals surface area contributed by atoms with Crippen molar-refractivity contribution >= 4 is 11.0 Å². The molecule has 0 aliphatic heterocycles. The van der Waals surface area contributed by atoms with Crippen molar-refractivity contribution in [3.63, 3.8) is 0 Å². The van der Waals surface area contributed by atoms with Crippen LogP contribution >= 0.6 is 0 Å². The van der Waals surface area contributed by atoms with Gasteiger partial charge in [0.25, 0.3) is 0 Å². The normalized spacial score (nSPS) is 12.2. The van der Waals surface area contributed by atoms with Gasteiger partial charge in [-0.05, 0) is 42.3 Å². The summed E-state index contributed by atoms with van der Waals surface area (Å²) >= 11 is 0. The van der Waals surface area contributed by atoms with E-state index in [1.807, 2.05) is 78.2 Å². The number of rotatable bonds is 6. The Morgan fingerprint density at radius 3 is 2.33 bits per heavy atom. The molecule has 0 aliphatic rings. The van der Waals surface area contributed by atoms with Crippen molar-refractivity contribution in [1.82, 2.24) is 9.55 Å². The number of benzene rings is 3. The van der Waals surface area contributed by atoms with Crippen LogP contribution in [0.3, 0.4) is 0 Å². The van der Waals surface area contributed by atoms with Crippen LogP contribution in [0.25, 0.3) is 22.2 Å². The van der Waals surface area contributed by atoms with Gasteiger partial charge in [0.05, 0.1) is 17.6 Å². The van der Waals surface area contributed by atoms with Crippen molar-refractivity contribution in [2.45, 2.75) is 19.6 Å². The molecule has 27 heavy (non-hydrogen) atoms. The summed E-state index contributed by atoms with van der Waals surface area (Å²) in [6.07, 6.45) is -0.616. The third kappa shape index (κ3) is 3.86. The number of imidazole rings is 1. The lowest BCUT2D eigenvalue weighted by Gasteiger charge is -2.15. The van der Waals surface area contributed by atoms with E-state index in [0.717, 1.165) is 28.2 Å². The first-order valence-corrected chi connectivity index (χ1v) is 9.09. The third-order valence-electron chi connectivity index (χ3n) is 4.64. The summed E-state index contributed by atoms with van der Waals surface area (Å²) in [5.74, 6) is 1.64. The molecule has 0 aliphatic carbocycles. The van der Waals surface area contributed by atoms with Gasteiger partial charge in [-0.1, -0.05) is 54.6 Å². The summed E-state index contributed by atoms with van der Waals surface area (Å²) in [5.41, 5.74) is 4.29. The molecule has 1 unspecified atom stereocenters. The second kappa shape index (κ2) is 7.64. The van der Waals surface area contributed by atoms with Crippen molar-refractivity contribution in [3.8, 4) is 16.9 Å². The van der Waals surface area contributed by atoms with Crippen molar-refractivity contribution in [1.29, 1.82) is 0 Å². The molecule has 0 fully saturated rings. The number of aromatic nitrogens is 2. The molecular weight excluding hydrogens is 336 g/mol. The lowest BCUT2D eigenvalue weighted by atomic mass is 10.1. The van der Waals surface area contributed by atoms with Crippen molar-refractivity contribution < 1.29 is 9.84 Å². The molecule has 0 saturated carbocycles. The molecule has 4 nitrogen and oxygen atoms in total. The van der Waals surface area contributed by atoms with E-state index < -0.39 is 6.10 Å². The number of aliphatic hydroxyl groups is 1. The Morgan fingerprint density at radius 1 is 0.889 bits per heavy atom. The molecule has 4 heteroatoms. The highest BCUT2D eigenvalue weighted by Gasteiger charge is 2.12. The number of hydrogen-bond acceptors (Lipinski definition) is 3. The van der Waals surface area contributed by atoms with Gasteiger partial charge in [-0.2, -0.15) is 0 Å². The van der Waals surface area contributed by atoms with E-state index in [0.29, 0.717) is 6.54 Å². The Kier molecular flexibility index (Phi) is 4.90. The largest absolute Gasteiger partial charge is 0.491 e. The van der Waals surface area contributed by atoms with Gasteiger partial charge in [0, 0.05) is 0 Å². The lowest BCUT2D eigenvalue weighted by molar-refractivity contribution is 0.0929. The highest BCUT2D eigenvalue weighted by atomic mass is 16.5. The van der Waals surface area contributed by atoms with Crippen molar-refractivity contribution in [2.24, 2.45) is 0 Å². The van der Waals surface area contributed by atoms with E-state index >= 15 is 0 Å². The molecule has 0 amide bonds. The maximum absolute atomic E-state index is 10.4. The van der Waals surface area contributed by atoms with Crippen molar-refractivity contribution in [2.75, 3.05) is 6.61 Å². The number of aliphatic hydroxyl groups excluding tert-OH is 1. The Hall–Kier alpha value is -3.11. The van der Waals surface area contributed by atoms with Crippen LogP contribution in [0.1, 0.15) is 5.82 Å². The zero-order valence-electron chi connectivity index (χ0n) is 15.2. The molecule has 4 aromatic rings. The zero-order valence-corrected chi connectivity index (χ0v) is 15.2. The molecule has 4 rings (SSSR count). The number of fused-ring (bicyclic) bond motifs is 1. The average Bonchev–Trinajstić information content (AvgIpc) is 3.03. The molecule has 3 aromatic carbocycles. The minimum absolute atomic E-state index is 0.233. The van der Waals surface area contributed by atoms with Crippen LogP contribution in [0.2, 0.25) is 0 Å². The molecular formula is C23H22N2O2. The van der Waals surface area contributed by atoms with Gasteiger partial charge in [-0.3, -0.25) is 0 Å². The molecule has 136 valence electrons. The number of para-hydroxylation sites is 2. The summed E-state index contributed by atoms with van der Waals surface area (Å²) in [6.45, 7) is 2.64. The molecule has 0 spiro atoms. The van der Waals surface area contributed by atoms with Gasteiger partial charge in [0.2, 0.25) is 0 Å². The second-order valence-corrected chi connectivity index (χ2v) is 6.61. The maximum atomic E-state index is 10.4. The Bertz CT molecular complexity index is 1020. The Morgan fingerprint density at radius 2 is 1.56 bits per heavy atom. The highest BCUT2D eigenvalue weighted by Crippen LogP contribution is 2.22. The van der Waals surface area contributed by atoms with Crippen LogP contribution < -0.4 is 4.74 Å². The van der Waals surface area contributed by atoms with Crippen LogP contribution in [0.4, 0.5) is 0 Å². The highest BCUT2D eigenvalue weighted by molar-refractivity contribution is 5.75. The second-order valence-electron chi connectivity index (χ2n) is 6.61. The monoisotopic (exact) mass is 358 g/mol. The standard InChI is InChI=1S/C23H22N2O2/c1-17-24-22-9-5-6-10-23(22)25(17)15-20(26)16-27-21-13-11-19(12-14-21)18-7-3-2-4-8-18/h2-14,20,26H,15-16H2,1H3. The smallest absolute Gasteiger partial charge is 0.119 e. The number of hydrogen-bond donors (Lipinski definition) is 1. The molecule has 0 bridgehead atoms. The van der Waals surface area contributed by atoms with Crippen LogP contribution in [-0.4, -0.2) is 27.4 Å². The summed E-state index contributed by atoms with van der Waals surface area (Å²) in [5, 5.41) is 10.4. The summed E-state index contributed by atoms with van der Waals surface area (Å²) < 4.78 is 7.81. The van der Waals surface area contributed by atoms with Gasteiger partial charge in [0.15, 0.2) is 0 Å². The fourth-order valence-electron chi connectivity index (χ4n) is 3.26. The lowest BCUT2D eigenvalue weighted by Crippen LogP contribution is -2.24. The zero-order chi connectivity index (χ0) is 18.6. The van der Waals surface area contributed by atoms with Crippen LogP contribution in [0, 0.1) is 6.92 Å². The van der Waals surface area contributed by atoms with Gasteiger partial charge < -0.3 is 14.4 Å². The topological polar surface area (TPSA) is 47.3 Å². The summed E-state index contributed by atoms with van der Waals surface area (Å²) in [7, 11) is 0. The van der Waals surface area contributed by atoms with Crippen LogP contribution in [-0.2, 0) is 6.54 Å². The first-order chi connectivity index (χ1) is 13.2. The van der Waals surface area contributed by atoms with Crippen LogP contribution in [0.5, 0.6) is 5.75 Å². The predicted octanol–water partition coefficient (Wildman–Crippen LogP) is 4.45. The van der Waals surface area contributed by atoms with Gasteiger partial charge in [-0.25, -0.2) is 4.98 Å². The Labute approximate surface area is 158 Å². The van der Waals surface area contributed by atoms with E-state index in [2.05, 4.69) is 17.1 Å².